The summed E-state index contributed by atoms with van der Waals surface area (Å²) >= 11 is 17.8. The molecule has 144 valence electrons. The average Bonchev–Trinajstić information content (AvgIpc) is 3.13. The third kappa shape index (κ3) is 5.16. The van der Waals surface area contributed by atoms with Crippen LogP contribution < -0.4 is 10.5 Å². The van der Waals surface area contributed by atoms with Gasteiger partial charge in [0.1, 0.15) is 5.75 Å². The lowest BCUT2D eigenvalue weighted by Crippen LogP contribution is -2.16. The molecule has 0 radical (unpaired) electrons. The lowest BCUT2D eigenvalue weighted by molar-refractivity contribution is 0.0507. The third-order valence-electron chi connectivity index (χ3n) is 3.44. The predicted octanol–water partition coefficient (Wildman–Crippen LogP) is 4.36. The van der Waals surface area contributed by atoms with Crippen molar-refractivity contribution in [3.8, 4) is 5.75 Å². The van der Waals surface area contributed by atoms with E-state index in [2.05, 4.69) is 10.3 Å². The Morgan fingerprint density at radius 2 is 1.89 bits per heavy atom. The molecule has 0 saturated carbocycles. The number of hydrogen-bond donors (Lipinski definition) is 1. The summed E-state index contributed by atoms with van der Waals surface area (Å²) in [5.41, 5.74) is 6.21. The number of amidine groups is 1. The van der Waals surface area contributed by atoms with Gasteiger partial charge in [0.15, 0.2) is 18.3 Å². The Morgan fingerprint density at radius 1 is 1.11 bits per heavy atom. The first-order valence-electron chi connectivity index (χ1n) is 7.84. The van der Waals surface area contributed by atoms with Gasteiger partial charge in [-0.05, 0) is 42.5 Å². The SMILES string of the molecule is N/C(=N\OC(=O)c1ccn(COc2cccc(Cl)c2)n1)c1ccc(Cl)cc1Cl. The zero-order chi connectivity index (χ0) is 20.1. The highest BCUT2D eigenvalue weighted by molar-refractivity contribution is 6.36. The largest absolute Gasteiger partial charge is 0.471 e. The van der Waals surface area contributed by atoms with Crippen molar-refractivity contribution in [2.24, 2.45) is 10.9 Å². The van der Waals surface area contributed by atoms with Crippen molar-refractivity contribution in [2.75, 3.05) is 0 Å². The van der Waals surface area contributed by atoms with Gasteiger partial charge in [0, 0.05) is 21.8 Å². The Morgan fingerprint density at radius 3 is 2.64 bits per heavy atom. The summed E-state index contributed by atoms with van der Waals surface area (Å²) in [5.74, 6) is -0.280. The second kappa shape index (κ2) is 8.97. The standard InChI is InChI=1S/C18H13Cl3N4O3/c19-11-2-1-3-13(8-11)27-10-25-7-6-16(23-25)18(26)28-24-17(22)14-5-4-12(20)9-15(14)21/h1-9H,10H2,(H2,22,24). The first-order valence-corrected chi connectivity index (χ1v) is 8.98. The van der Waals surface area contributed by atoms with E-state index >= 15 is 0 Å². The smallest absolute Gasteiger partial charge is 0.385 e. The summed E-state index contributed by atoms with van der Waals surface area (Å²) in [6.45, 7) is 0.0827. The normalized spacial score (nSPS) is 11.3. The molecule has 28 heavy (non-hydrogen) atoms. The van der Waals surface area contributed by atoms with E-state index in [1.54, 1.807) is 42.6 Å². The van der Waals surface area contributed by atoms with Crippen LogP contribution in [0.3, 0.4) is 0 Å². The van der Waals surface area contributed by atoms with Crippen molar-refractivity contribution >= 4 is 46.6 Å². The van der Waals surface area contributed by atoms with Crippen molar-refractivity contribution < 1.29 is 14.4 Å². The fourth-order valence-electron chi connectivity index (χ4n) is 2.12. The Bertz CT molecular complexity index is 1040. The first kappa shape index (κ1) is 20.0. The molecule has 0 bridgehead atoms. The van der Waals surface area contributed by atoms with Crippen LogP contribution in [0.25, 0.3) is 0 Å². The van der Waals surface area contributed by atoms with E-state index in [1.807, 2.05) is 0 Å². The van der Waals surface area contributed by atoms with Crippen molar-refractivity contribution in [1.29, 1.82) is 0 Å². The highest BCUT2D eigenvalue weighted by atomic mass is 35.5. The molecule has 2 N–H and O–H groups in total. The van der Waals surface area contributed by atoms with Crippen LogP contribution in [0.4, 0.5) is 0 Å². The van der Waals surface area contributed by atoms with Gasteiger partial charge in [0.25, 0.3) is 0 Å². The Labute approximate surface area is 175 Å². The highest BCUT2D eigenvalue weighted by Crippen LogP contribution is 2.21. The quantitative estimate of drug-likeness (QED) is 0.267. The molecule has 0 atom stereocenters. The lowest BCUT2D eigenvalue weighted by Gasteiger charge is -2.06. The Kier molecular flexibility index (Phi) is 6.41. The molecule has 3 rings (SSSR count). The Hall–Kier alpha value is -2.74. The van der Waals surface area contributed by atoms with Gasteiger partial charge in [-0.3, -0.25) is 0 Å². The van der Waals surface area contributed by atoms with E-state index in [9.17, 15) is 4.79 Å². The highest BCUT2D eigenvalue weighted by Gasteiger charge is 2.13. The molecule has 0 unspecified atom stereocenters. The summed E-state index contributed by atoms with van der Waals surface area (Å²) in [4.78, 5) is 16.9. The zero-order valence-electron chi connectivity index (χ0n) is 14.2. The molecule has 0 aliphatic heterocycles. The number of benzene rings is 2. The van der Waals surface area contributed by atoms with Crippen LogP contribution in [0.1, 0.15) is 16.1 Å². The second-order valence-electron chi connectivity index (χ2n) is 5.45. The van der Waals surface area contributed by atoms with E-state index in [4.69, 9.17) is 50.1 Å². The van der Waals surface area contributed by atoms with Gasteiger partial charge >= 0.3 is 5.97 Å². The molecular formula is C18H13Cl3N4O3. The van der Waals surface area contributed by atoms with Gasteiger partial charge in [-0.15, -0.1) is 0 Å². The number of rotatable bonds is 6. The van der Waals surface area contributed by atoms with Gasteiger partial charge < -0.3 is 15.3 Å². The fourth-order valence-corrected chi connectivity index (χ4v) is 2.81. The fraction of sp³-hybridized carbons (Fsp3) is 0.0556. The maximum absolute atomic E-state index is 12.1. The molecule has 2 aromatic carbocycles. The van der Waals surface area contributed by atoms with Gasteiger partial charge in [-0.1, -0.05) is 46.0 Å². The molecule has 1 aromatic heterocycles. The van der Waals surface area contributed by atoms with Crippen LogP contribution in [-0.2, 0) is 11.6 Å². The van der Waals surface area contributed by atoms with Gasteiger partial charge in [0.2, 0.25) is 0 Å². The van der Waals surface area contributed by atoms with Crippen LogP contribution >= 0.6 is 34.8 Å². The molecule has 0 saturated heterocycles. The molecule has 10 heteroatoms. The van der Waals surface area contributed by atoms with Gasteiger partial charge in [-0.25, -0.2) is 9.48 Å². The van der Waals surface area contributed by atoms with E-state index < -0.39 is 5.97 Å². The van der Waals surface area contributed by atoms with Crippen molar-refractivity contribution in [3.05, 3.63) is 81.1 Å². The average molecular weight is 440 g/mol. The molecule has 0 aliphatic rings. The number of nitrogens with two attached hydrogens (primary N) is 1. The Balaban J connectivity index is 1.60. The maximum atomic E-state index is 12.1. The molecule has 1 heterocycles. The molecule has 0 spiro atoms. The number of hydrogen-bond acceptors (Lipinski definition) is 5. The van der Waals surface area contributed by atoms with Crippen LogP contribution in [0, 0.1) is 0 Å². The summed E-state index contributed by atoms with van der Waals surface area (Å²) in [7, 11) is 0. The minimum Gasteiger partial charge on any atom is -0.471 e. The van der Waals surface area contributed by atoms with Crippen molar-refractivity contribution in [2.45, 2.75) is 6.73 Å². The lowest BCUT2D eigenvalue weighted by atomic mass is 10.2. The summed E-state index contributed by atoms with van der Waals surface area (Å²) in [6.07, 6.45) is 1.56. The number of carbonyl (C=O) groups is 1. The van der Waals surface area contributed by atoms with Crippen molar-refractivity contribution in [3.63, 3.8) is 0 Å². The molecule has 3 aromatic rings. The predicted molar refractivity (Wildman–Crippen MR) is 107 cm³/mol. The second-order valence-corrected chi connectivity index (χ2v) is 6.73. The minimum absolute atomic E-state index is 0.0356. The third-order valence-corrected chi connectivity index (χ3v) is 4.23. The van der Waals surface area contributed by atoms with Crippen LogP contribution in [0.2, 0.25) is 15.1 Å². The van der Waals surface area contributed by atoms with Crippen LogP contribution in [0.15, 0.2) is 59.9 Å². The molecule has 0 fully saturated rings. The zero-order valence-corrected chi connectivity index (χ0v) is 16.4. The van der Waals surface area contributed by atoms with Crippen LogP contribution in [0.5, 0.6) is 5.75 Å². The molecular weight excluding hydrogens is 427 g/mol. The number of oxime groups is 1. The monoisotopic (exact) mass is 438 g/mol. The first-order chi connectivity index (χ1) is 13.4. The number of nitrogens with zero attached hydrogens (tertiary/aromatic N) is 3. The summed E-state index contributed by atoms with van der Waals surface area (Å²) in [6, 6.07) is 13.0. The van der Waals surface area contributed by atoms with Crippen molar-refractivity contribution in [1.82, 2.24) is 9.78 Å². The van der Waals surface area contributed by atoms with E-state index in [1.165, 1.54) is 16.8 Å². The van der Waals surface area contributed by atoms with Crippen LogP contribution in [-0.4, -0.2) is 21.6 Å². The summed E-state index contributed by atoms with van der Waals surface area (Å²) < 4.78 is 6.95. The van der Waals surface area contributed by atoms with E-state index in [0.29, 0.717) is 21.4 Å². The number of carbonyl (C=O) groups excluding carboxylic acids is 1. The van der Waals surface area contributed by atoms with E-state index in [-0.39, 0.29) is 23.3 Å². The molecule has 0 aliphatic carbocycles. The van der Waals surface area contributed by atoms with Gasteiger partial charge in [-0.2, -0.15) is 5.10 Å². The molecule has 0 amide bonds. The van der Waals surface area contributed by atoms with E-state index in [0.717, 1.165) is 0 Å². The molecule has 7 nitrogen and oxygen atoms in total. The number of halogens is 3. The topological polar surface area (TPSA) is 91.7 Å². The number of ether oxygens (including phenoxy) is 1. The summed E-state index contributed by atoms with van der Waals surface area (Å²) in [5, 5.41) is 8.94. The maximum Gasteiger partial charge on any atom is 0.385 e. The minimum atomic E-state index is -0.783. The van der Waals surface area contributed by atoms with Gasteiger partial charge in [0.05, 0.1) is 5.02 Å². The number of aromatic nitrogens is 2.